The van der Waals surface area contributed by atoms with Gasteiger partial charge < -0.3 is 10.3 Å². The van der Waals surface area contributed by atoms with Gasteiger partial charge in [0, 0.05) is 18.2 Å². The van der Waals surface area contributed by atoms with Gasteiger partial charge in [-0.3, -0.25) is 4.98 Å². The molecule has 2 heterocycles. The zero-order chi connectivity index (χ0) is 12.5. The van der Waals surface area contributed by atoms with Crippen molar-refractivity contribution in [3.05, 3.63) is 29.8 Å². The molecule has 0 amide bonds. The Kier molecular flexibility index (Phi) is 2.83. The smallest absolute Gasteiger partial charge is 0.230 e. The van der Waals surface area contributed by atoms with Gasteiger partial charge in [-0.2, -0.15) is 4.98 Å². The highest BCUT2D eigenvalue weighted by Crippen LogP contribution is 2.33. The number of nitrogens with zero attached hydrogens (tertiary/aromatic N) is 3. The molecule has 1 aliphatic carbocycles. The van der Waals surface area contributed by atoms with E-state index < -0.39 is 0 Å². The van der Waals surface area contributed by atoms with E-state index in [1.165, 1.54) is 0 Å². The van der Waals surface area contributed by atoms with Crippen LogP contribution in [0.2, 0.25) is 0 Å². The Bertz CT molecular complexity index is 551. The van der Waals surface area contributed by atoms with Gasteiger partial charge in [-0.05, 0) is 37.8 Å². The Balaban J connectivity index is 1.88. The van der Waals surface area contributed by atoms with Gasteiger partial charge in [0.2, 0.25) is 11.7 Å². The van der Waals surface area contributed by atoms with E-state index in [2.05, 4.69) is 15.1 Å². The van der Waals surface area contributed by atoms with E-state index in [1.807, 2.05) is 19.1 Å². The van der Waals surface area contributed by atoms with Crippen molar-refractivity contribution in [2.24, 2.45) is 5.73 Å². The van der Waals surface area contributed by atoms with Gasteiger partial charge in [-0.15, -0.1) is 0 Å². The topological polar surface area (TPSA) is 77.8 Å². The third-order valence-corrected chi connectivity index (χ3v) is 3.49. The number of aromatic nitrogens is 3. The summed E-state index contributed by atoms with van der Waals surface area (Å²) in [5, 5.41) is 4.03. The maximum absolute atomic E-state index is 5.90. The van der Waals surface area contributed by atoms with Gasteiger partial charge in [0.1, 0.15) is 5.69 Å². The van der Waals surface area contributed by atoms with Crippen LogP contribution in [0.3, 0.4) is 0 Å². The van der Waals surface area contributed by atoms with Crippen LogP contribution in [-0.2, 0) is 0 Å². The molecule has 1 saturated carbocycles. The predicted molar refractivity (Wildman–Crippen MR) is 66.8 cm³/mol. The first-order chi connectivity index (χ1) is 8.74. The zero-order valence-corrected chi connectivity index (χ0v) is 10.3. The second-order valence-corrected chi connectivity index (χ2v) is 4.90. The summed E-state index contributed by atoms with van der Waals surface area (Å²) in [6.07, 6.45) is 4.74. The first-order valence-electron chi connectivity index (χ1n) is 6.25. The second-order valence-electron chi connectivity index (χ2n) is 4.90. The van der Waals surface area contributed by atoms with Crippen molar-refractivity contribution in [2.75, 3.05) is 0 Å². The largest absolute Gasteiger partial charge is 0.339 e. The maximum atomic E-state index is 5.90. The lowest BCUT2D eigenvalue weighted by Crippen LogP contribution is -2.14. The van der Waals surface area contributed by atoms with Crippen LogP contribution < -0.4 is 5.73 Å². The molecule has 0 saturated heterocycles. The van der Waals surface area contributed by atoms with Crippen LogP contribution in [0, 0.1) is 6.92 Å². The van der Waals surface area contributed by atoms with Gasteiger partial charge >= 0.3 is 0 Å². The number of hydrogen-bond donors (Lipinski definition) is 1. The van der Waals surface area contributed by atoms with E-state index in [-0.39, 0.29) is 6.04 Å². The lowest BCUT2D eigenvalue weighted by molar-refractivity contribution is 0.353. The average Bonchev–Trinajstić information content (AvgIpc) is 2.98. The Morgan fingerprint density at radius 3 is 3.00 bits per heavy atom. The Morgan fingerprint density at radius 1 is 1.39 bits per heavy atom. The Labute approximate surface area is 105 Å². The number of aryl methyl sites for hydroxylation is 1. The fraction of sp³-hybridized carbons (Fsp3) is 0.462. The average molecular weight is 244 g/mol. The summed E-state index contributed by atoms with van der Waals surface area (Å²) >= 11 is 0. The maximum Gasteiger partial charge on any atom is 0.230 e. The fourth-order valence-electron chi connectivity index (χ4n) is 2.46. The fourth-order valence-corrected chi connectivity index (χ4v) is 2.46. The third-order valence-electron chi connectivity index (χ3n) is 3.49. The molecule has 94 valence electrons. The molecule has 5 nitrogen and oxygen atoms in total. The molecule has 5 heteroatoms. The molecule has 0 bridgehead atoms. The van der Waals surface area contributed by atoms with Crippen LogP contribution in [-0.4, -0.2) is 21.2 Å². The minimum Gasteiger partial charge on any atom is -0.339 e. The van der Waals surface area contributed by atoms with Gasteiger partial charge in [0.15, 0.2) is 0 Å². The van der Waals surface area contributed by atoms with Crippen LogP contribution in [0.5, 0.6) is 0 Å². The standard InChI is InChI=1S/C13H16N4O/c1-8-3-2-6-15-11(8)12-16-13(18-17-12)9-4-5-10(14)7-9/h2-3,6,9-10H,4-5,7,14H2,1H3/t9-,10+/m1/s1. The molecule has 3 rings (SSSR count). The molecule has 1 aliphatic rings. The highest BCUT2D eigenvalue weighted by atomic mass is 16.5. The van der Waals surface area contributed by atoms with E-state index >= 15 is 0 Å². The van der Waals surface area contributed by atoms with Crippen LogP contribution >= 0.6 is 0 Å². The van der Waals surface area contributed by atoms with Crippen molar-refractivity contribution in [1.82, 2.24) is 15.1 Å². The number of pyridine rings is 1. The molecule has 18 heavy (non-hydrogen) atoms. The van der Waals surface area contributed by atoms with E-state index in [0.29, 0.717) is 17.6 Å². The van der Waals surface area contributed by atoms with E-state index in [0.717, 1.165) is 30.5 Å². The summed E-state index contributed by atoms with van der Waals surface area (Å²) in [6.45, 7) is 1.99. The molecule has 2 aromatic rings. The number of rotatable bonds is 2. The number of hydrogen-bond acceptors (Lipinski definition) is 5. The lowest BCUT2D eigenvalue weighted by Gasteiger charge is -2.01. The quantitative estimate of drug-likeness (QED) is 0.874. The SMILES string of the molecule is Cc1cccnc1-c1noc([C@@H]2CC[C@H](N)C2)n1. The summed E-state index contributed by atoms with van der Waals surface area (Å²) in [5.41, 5.74) is 7.74. The van der Waals surface area contributed by atoms with Crippen molar-refractivity contribution in [3.8, 4) is 11.5 Å². The van der Waals surface area contributed by atoms with E-state index in [1.54, 1.807) is 6.20 Å². The molecule has 0 aromatic carbocycles. The molecular weight excluding hydrogens is 228 g/mol. The van der Waals surface area contributed by atoms with Gasteiger partial charge in [-0.1, -0.05) is 11.2 Å². The summed E-state index contributed by atoms with van der Waals surface area (Å²) in [5.74, 6) is 1.58. The van der Waals surface area contributed by atoms with Crippen molar-refractivity contribution in [3.63, 3.8) is 0 Å². The van der Waals surface area contributed by atoms with Crippen LogP contribution in [0.25, 0.3) is 11.5 Å². The molecule has 0 unspecified atom stereocenters. The van der Waals surface area contributed by atoms with Gasteiger partial charge in [0.05, 0.1) is 0 Å². The normalized spacial score (nSPS) is 23.4. The molecule has 0 radical (unpaired) electrons. The highest BCUT2D eigenvalue weighted by molar-refractivity contribution is 5.53. The predicted octanol–water partition coefficient (Wildman–Crippen LogP) is 2.03. The first kappa shape index (κ1) is 11.3. The first-order valence-corrected chi connectivity index (χ1v) is 6.25. The van der Waals surface area contributed by atoms with Crippen LogP contribution in [0.4, 0.5) is 0 Å². The van der Waals surface area contributed by atoms with Crippen molar-refractivity contribution in [1.29, 1.82) is 0 Å². The van der Waals surface area contributed by atoms with Crippen molar-refractivity contribution >= 4 is 0 Å². The summed E-state index contributed by atoms with van der Waals surface area (Å²) in [7, 11) is 0. The van der Waals surface area contributed by atoms with Crippen LogP contribution in [0.1, 0.15) is 36.6 Å². The van der Waals surface area contributed by atoms with Crippen molar-refractivity contribution < 1.29 is 4.52 Å². The van der Waals surface area contributed by atoms with E-state index in [9.17, 15) is 0 Å². The summed E-state index contributed by atoms with van der Waals surface area (Å²) < 4.78 is 5.35. The number of nitrogens with two attached hydrogens (primary N) is 1. The molecule has 0 aliphatic heterocycles. The van der Waals surface area contributed by atoms with E-state index in [4.69, 9.17) is 10.3 Å². The molecular formula is C13H16N4O. The lowest BCUT2D eigenvalue weighted by atomic mass is 10.1. The molecule has 2 N–H and O–H groups in total. The zero-order valence-electron chi connectivity index (χ0n) is 10.3. The van der Waals surface area contributed by atoms with Crippen LogP contribution in [0.15, 0.2) is 22.9 Å². The molecule has 2 atom stereocenters. The minimum absolute atomic E-state index is 0.266. The Hall–Kier alpha value is -1.75. The van der Waals surface area contributed by atoms with Gasteiger partial charge in [-0.25, -0.2) is 0 Å². The van der Waals surface area contributed by atoms with Gasteiger partial charge in [0.25, 0.3) is 0 Å². The third kappa shape index (κ3) is 2.01. The summed E-state index contributed by atoms with van der Waals surface area (Å²) in [4.78, 5) is 8.76. The molecule has 2 aromatic heterocycles. The monoisotopic (exact) mass is 244 g/mol. The highest BCUT2D eigenvalue weighted by Gasteiger charge is 2.28. The molecule has 0 spiro atoms. The Morgan fingerprint density at radius 2 is 2.28 bits per heavy atom. The van der Waals surface area contributed by atoms with Crippen molar-refractivity contribution in [2.45, 2.75) is 38.1 Å². The summed E-state index contributed by atoms with van der Waals surface area (Å²) in [6, 6.07) is 4.15. The minimum atomic E-state index is 0.266. The second kappa shape index (κ2) is 4.49. The molecule has 1 fully saturated rings.